The smallest absolute Gasteiger partial charge is 0.328 e. The van der Waals surface area contributed by atoms with Crippen molar-refractivity contribution in [2.45, 2.75) is 167 Å². The standard InChI is InChI=1S/C40H68N2O7/c1-3-5-7-9-10-11-12-13-14-15-16-17-18-19-20-22-28-32-39(46)49-35(29-25-21-8-6-4-2)30-26-23-24-27-31-37(44)41-33-38(45)42-36(34-43)40(47)48/h5,7,10-11,13-14,16-17,35-36,43H,3-4,6,8-9,12,15,18-34H2,1-2H3,(H,41,44)(H,42,45)(H,47,48)/b7-5-,11-10-,14-13-,17-16-. The van der Waals surface area contributed by atoms with Gasteiger partial charge in [-0.3, -0.25) is 14.4 Å². The molecule has 0 aliphatic carbocycles. The quantitative estimate of drug-likeness (QED) is 0.0308. The average molecular weight is 689 g/mol. The van der Waals surface area contributed by atoms with E-state index in [1.807, 2.05) is 0 Å². The number of aliphatic hydroxyl groups excluding tert-OH is 1. The van der Waals surface area contributed by atoms with Crippen molar-refractivity contribution in [3.8, 4) is 0 Å². The molecule has 0 saturated carbocycles. The van der Waals surface area contributed by atoms with Crippen LogP contribution in [0.25, 0.3) is 0 Å². The number of carboxylic acids is 1. The number of carboxylic acid groups (broad SMARTS) is 1. The van der Waals surface area contributed by atoms with E-state index in [0.29, 0.717) is 12.8 Å². The molecule has 2 unspecified atom stereocenters. The summed E-state index contributed by atoms with van der Waals surface area (Å²) in [6, 6.07) is -1.39. The molecule has 4 N–H and O–H groups in total. The van der Waals surface area contributed by atoms with Crippen LogP contribution < -0.4 is 10.6 Å². The number of allylic oxidation sites excluding steroid dienone is 8. The fraction of sp³-hybridized carbons (Fsp3) is 0.700. The highest BCUT2D eigenvalue weighted by Crippen LogP contribution is 2.18. The predicted octanol–water partition coefficient (Wildman–Crippen LogP) is 8.42. The normalized spacial score (nSPS) is 13.0. The van der Waals surface area contributed by atoms with Gasteiger partial charge in [-0.25, -0.2) is 4.79 Å². The number of esters is 1. The van der Waals surface area contributed by atoms with E-state index in [4.69, 9.17) is 14.9 Å². The first kappa shape index (κ1) is 45.8. The van der Waals surface area contributed by atoms with Crippen molar-refractivity contribution in [2.75, 3.05) is 13.2 Å². The Morgan fingerprint density at radius 3 is 1.73 bits per heavy atom. The summed E-state index contributed by atoms with van der Waals surface area (Å²) in [4.78, 5) is 47.3. The van der Waals surface area contributed by atoms with Crippen molar-refractivity contribution in [1.29, 1.82) is 0 Å². The lowest BCUT2D eigenvalue weighted by molar-refractivity contribution is -0.150. The average Bonchev–Trinajstić information content (AvgIpc) is 3.08. The Kier molecular flexibility index (Phi) is 32.4. The Bertz CT molecular complexity index is 974. The van der Waals surface area contributed by atoms with Crippen LogP contribution in [0.2, 0.25) is 0 Å². The monoisotopic (exact) mass is 689 g/mol. The van der Waals surface area contributed by atoms with Crippen molar-refractivity contribution in [3.05, 3.63) is 48.6 Å². The lowest BCUT2D eigenvalue weighted by Crippen LogP contribution is -2.47. The summed E-state index contributed by atoms with van der Waals surface area (Å²) in [6.07, 6.45) is 38.6. The van der Waals surface area contributed by atoms with Gasteiger partial charge in [0.15, 0.2) is 0 Å². The highest BCUT2D eigenvalue weighted by molar-refractivity contribution is 5.87. The Hall–Kier alpha value is -3.20. The van der Waals surface area contributed by atoms with Crippen LogP contribution in [0, 0.1) is 0 Å². The van der Waals surface area contributed by atoms with Crippen molar-refractivity contribution >= 4 is 23.8 Å². The Morgan fingerprint density at radius 2 is 1.16 bits per heavy atom. The van der Waals surface area contributed by atoms with Crippen LogP contribution >= 0.6 is 0 Å². The second-order valence-corrected chi connectivity index (χ2v) is 12.6. The first-order chi connectivity index (χ1) is 23.8. The molecule has 2 amide bonds. The molecule has 0 radical (unpaired) electrons. The molecule has 0 fully saturated rings. The summed E-state index contributed by atoms with van der Waals surface area (Å²) in [6.45, 7) is 3.29. The van der Waals surface area contributed by atoms with Crippen LogP contribution in [0.3, 0.4) is 0 Å². The largest absolute Gasteiger partial charge is 0.480 e. The van der Waals surface area contributed by atoms with E-state index in [9.17, 15) is 19.2 Å². The van der Waals surface area contributed by atoms with Gasteiger partial charge in [0.05, 0.1) is 13.2 Å². The summed E-state index contributed by atoms with van der Waals surface area (Å²) in [7, 11) is 0. The minimum Gasteiger partial charge on any atom is -0.480 e. The van der Waals surface area contributed by atoms with E-state index in [0.717, 1.165) is 103 Å². The van der Waals surface area contributed by atoms with Gasteiger partial charge in [0, 0.05) is 12.8 Å². The topological polar surface area (TPSA) is 142 Å². The van der Waals surface area contributed by atoms with Crippen LogP contribution in [0.5, 0.6) is 0 Å². The van der Waals surface area contributed by atoms with E-state index < -0.39 is 24.5 Å². The molecular weight excluding hydrogens is 620 g/mol. The third kappa shape index (κ3) is 31.8. The zero-order valence-corrected chi connectivity index (χ0v) is 30.7. The van der Waals surface area contributed by atoms with Gasteiger partial charge in [-0.1, -0.05) is 114 Å². The van der Waals surface area contributed by atoms with E-state index in [1.54, 1.807) is 0 Å². The van der Waals surface area contributed by atoms with Gasteiger partial charge in [-0.05, 0) is 77.0 Å². The van der Waals surface area contributed by atoms with Gasteiger partial charge in [0.1, 0.15) is 12.1 Å². The van der Waals surface area contributed by atoms with Crippen LogP contribution in [-0.4, -0.2) is 59.3 Å². The van der Waals surface area contributed by atoms with Crippen LogP contribution in [0.15, 0.2) is 48.6 Å². The maximum atomic E-state index is 12.6. The number of unbranched alkanes of at least 4 members (excludes halogenated alkanes) is 11. The SMILES string of the molecule is CC/C=C\C/C=C\C/C=C\C/C=C\CCCCCCC(=O)OC(CCCCCCC)CCCCCCC(=O)NCC(=O)NC(CO)C(=O)O. The van der Waals surface area contributed by atoms with Crippen molar-refractivity contribution in [2.24, 2.45) is 0 Å². The number of rotatable bonds is 33. The summed E-state index contributed by atoms with van der Waals surface area (Å²) in [5.41, 5.74) is 0. The highest BCUT2D eigenvalue weighted by Gasteiger charge is 2.19. The molecule has 280 valence electrons. The maximum Gasteiger partial charge on any atom is 0.328 e. The Labute approximate surface area is 297 Å². The molecular formula is C40H68N2O7. The number of nitrogens with one attached hydrogen (secondary N) is 2. The molecule has 0 heterocycles. The van der Waals surface area contributed by atoms with Gasteiger partial charge < -0.3 is 25.6 Å². The molecule has 0 aromatic rings. The molecule has 49 heavy (non-hydrogen) atoms. The molecule has 0 bridgehead atoms. The molecule has 0 spiro atoms. The van der Waals surface area contributed by atoms with Crippen molar-refractivity contribution < 1.29 is 34.1 Å². The molecule has 0 aliphatic rings. The zero-order chi connectivity index (χ0) is 36.2. The molecule has 0 aromatic carbocycles. The maximum absolute atomic E-state index is 12.6. The van der Waals surface area contributed by atoms with Gasteiger partial charge in [-0.15, -0.1) is 0 Å². The van der Waals surface area contributed by atoms with Gasteiger partial charge in [0.25, 0.3) is 0 Å². The van der Waals surface area contributed by atoms with Crippen LogP contribution in [0.4, 0.5) is 0 Å². The minimum atomic E-state index is -1.39. The number of hydrogen-bond donors (Lipinski definition) is 4. The fourth-order valence-corrected chi connectivity index (χ4v) is 5.17. The van der Waals surface area contributed by atoms with E-state index >= 15 is 0 Å². The minimum absolute atomic E-state index is 0.0531. The predicted molar refractivity (Wildman–Crippen MR) is 199 cm³/mol. The second-order valence-electron chi connectivity index (χ2n) is 12.6. The number of hydrogen-bond acceptors (Lipinski definition) is 6. The van der Waals surface area contributed by atoms with E-state index in [-0.39, 0.29) is 30.9 Å². The highest BCUT2D eigenvalue weighted by atomic mass is 16.5. The van der Waals surface area contributed by atoms with Crippen LogP contribution in [-0.2, 0) is 23.9 Å². The number of carbonyl (C=O) groups excluding carboxylic acids is 3. The number of carbonyl (C=O) groups is 4. The zero-order valence-electron chi connectivity index (χ0n) is 30.7. The number of amides is 2. The van der Waals surface area contributed by atoms with E-state index in [1.165, 1.54) is 19.3 Å². The Balaban J connectivity index is 4.16. The van der Waals surface area contributed by atoms with E-state index in [2.05, 4.69) is 73.1 Å². The second kappa shape index (κ2) is 34.7. The Morgan fingerprint density at radius 1 is 0.633 bits per heavy atom. The number of aliphatic carboxylic acids is 1. The first-order valence-corrected chi connectivity index (χ1v) is 19.0. The summed E-state index contributed by atoms with van der Waals surface area (Å²) in [5, 5.41) is 22.5. The molecule has 9 heteroatoms. The summed E-state index contributed by atoms with van der Waals surface area (Å²) >= 11 is 0. The fourth-order valence-electron chi connectivity index (χ4n) is 5.17. The molecule has 9 nitrogen and oxygen atoms in total. The molecule has 2 atom stereocenters. The number of ether oxygens (including phenoxy) is 1. The van der Waals surface area contributed by atoms with Crippen molar-refractivity contribution in [3.63, 3.8) is 0 Å². The number of aliphatic hydroxyl groups is 1. The molecule has 0 saturated heterocycles. The van der Waals surface area contributed by atoms with Crippen molar-refractivity contribution in [1.82, 2.24) is 10.6 Å². The molecule has 0 rings (SSSR count). The summed E-state index contributed by atoms with van der Waals surface area (Å²) < 4.78 is 5.92. The third-order valence-electron chi connectivity index (χ3n) is 8.09. The van der Waals surface area contributed by atoms with Gasteiger partial charge in [0.2, 0.25) is 11.8 Å². The summed E-state index contributed by atoms with van der Waals surface area (Å²) in [5.74, 6) is -2.37. The van der Waals surface area contributed by atoms with Crippen LogP contribution in [0.1, 0.15) is 155 Å². The first-order valence-electron chi connectivity index (χ1n) is 19.0. The van der Waals surface area contributed by atoms with Gasteiger partial charge >= 0.3 is 11.9 Å². The third-order valence-corrected chi connectivity index (χ3v) is 8.09. The lowest BCUT2D eigenvalue weighted by Gasteiger charge is -2.18. The lowest BCUT2D eigenvalue weighted by atomic mass is 10.0. The molecule has 0 aliphatic heterocycles. The molecule has 0 aromatic heterocycles. The van der Waals surface area contributed by atoms with Gasteiger partial charge in [-0.2, -0.15) is 0 Å².